The van der Waals surface area contributed by atoms with Gasteiger partial charge in [-0.1, -0.05) is 5.16 Å². The van der Waals surface area contributed by atoms with E-state index in [1.165, 1.54) is 43.3 Å². The Hall–Kier alpha value is -3.13. The fourth-order valence-electron chi connectivity index (χ4n) is 3.84. The van der Waals surface area contributed by atoms with E-state index < -0.39 is 12.3 Å². The second kappa shape index (κ2) is 10.9. The molecule has 2 saturated heterocycles. The van der Waals surface area contributed by atoms with Crippen LogP contribution in [0.15, 0.2) is 47.8 Å². The number of ether oxygens (including phenoxy) is 2. The second-order valence-electron chi connectivity index (χ2n) is 8.00. The van der Waals surface area contributed by atoms with Crippen molar-refractivity contribution >= 4 is 17.4 Å². The van der Waals surface area contributed by atoms with Crippen molar-refractivity contribution in [3.63, 3.8) is 0 Å². The van der Waals surface area contributed by atoms with Crippen LogP contribution in [0.5, 0.6) is 5.75 Å². The fourth-order valence-corrected chi connectivity index (χ4v) is 3.84. The molecule has 32 heavy (non-hydrogen) atoms. The summed E-state index contributed by atoms with van der Waals surface area (Å²) in [6.07, 6.45) is 7.57. The number of benzene rings is 1. The highest BCUT2D eigenvalue weighted by Crippen LogP contribution is 2.23. The highest BCUT2D eigenvalue weighted by molar-refractivity contribution is 6.01. The first-order chi connectivity index (χ1) is 15.7. The second-order valence-corrected chi connectivity index (χ2v) is 8.00. The lowest BCUT2D eigenvalue weighted by Crippen LogP contribution is -2.29. The molecule has 0 spiro atoms. The van der Waals surface area contributed by atoms with Crippen LogP contribution in [0.2, 0.25) is 0 Å². The standard InChI is InChI=1S/C24H29N3O5/c28-24(29)18-11-12-25-21(16-18)22(26-32-23-6-2-5-15-30-23)17-31-20-9-7-19(8-10-20)27-13-3-1-4-14-27/h7-12,16,23H,1-6,13-15,17H2,(H,28,29)/b26-22+. The van der Waals surface area contributed by atoms with Crippen LogP contribution in [0.1, 0.15) is 54.6 Å². The molecule has 0 saturated carbocycles. The molecular weight excluding hydrogens is 410 g/mol. The summed E-state index contributed by atoms with van der Waals surface area (Å²) in [6, 6.07) is 10.9. The molecule has 1 aromatic heterocycles. The van der Waals surface area contributed by atoms with Crippen molar-refractivity contribution < 1.29 is 24.2 Å². The van der Waals surface area contributed by atoms with Crippen molar-refractivity contribution in [1.82, 2.24) is 4.98 Å². The van der Waals surface area contributed by atoms with Crippen LogP contribution in [0.3, 0.4) is 0 Å². The highest BCUT2D eigenvalue weighted by atomic mass is 16.8. The van der Waals surface area contributed by atoms with Crippen LogP contribution in [0, 0.1) is 0 Å². The summed E-state index contributed by atoms with van der Waals surface area (Å²) in [7, 11) is 0. The first-order valence-electron chi connectivity index (χ1n) is 11.2. The Labute approximate surface area is 187 Å². The number of piperidine rings is 1. The Balaban J connectivity index is 1.45. The van der Waals surface area contributed by atoms with Crippen molar-refractivity contribution in [2.24, 2.45) is 5.16 Å². The van der Waals surface area contributed by atoms with Gasteiger partial charge in [0.1, 0.15) is 18.1 Å². The van der Waals surface area contributed by atoms with E-state index in [0.717, 1.165) is 32.4 Å². The number of pyridine rings is 1. The van der Waals surface area contributed by atoms with Gasteiger partial charge >= 0.3 is 5.97 Å². The Morgan fingerprint density at radius 1 is 1.12 bits per heavy atom. The van der Waals surface area contributed by atoms with Crippen molar-refractivity contribution in [1.29, 1.82) is 0 Å². The molecule has 0 bridgehead atoms. The van der Waals surface area contributed by atoms with Crippen LogP contribution < -0.4 is 9.64 Å². The smallest absolute Gasteiger partial charge is 0.335 e. The van der Waals surface area contributed by atoms with E-state index in [9.17, 15) is 9.90 Å². The summed E-state index contributed by atoms with van der Waals surface area (Å²) >= 11 is 0. The number of hydrogen-bond acceptors (Lipinski definition) is 7. The van der Waals surface area contributed by atoms with Crippen LogP contribution >= 0.6 is 0 Å². The first kappa shape index (κ1) is 22.1. The third kappa shape index (κ3) is 5.97. The Bertz CT molecular complexity index is 919. The number of aromatic nitrogens is 1. The molecule has 0 aliphatic carbocycles. The van der Waals surface area contributed by atoms with Crippen LogP contribution in [-0.2, 0) is 9.57 Å². The largest absolute Gasteiger partial charge is 0.487 e. The number of anilines is 1. The molecule has 2 aromatic rings. The summed E-state index contributed by atoms with van der Waals surface area (Å²) in [5.74, 6) is -0.333. The number of carbonyl (C=O) groups is 1. The number of hydrogen-bond donors (Lipinski definition) is 1. The fraction of sp³-hybridized carbons (Fsp3) is 0.458. The van der Waals surface area contributed by atoms with Gasteiger partial charge in [-0.15, -0.1) is 0 Å². The molecule has 4 rings (SSSR count). The minimum Gasteiger partial charge on any atom is -0.487 e. The topological polar surface area (TPSA) is 93.5 Å². The molecule has 0 radical (unpaired) electrons. The van der Waals surface area contributed by atoms with Crippen LogP contribution in [0.25, 0.3) is 0 Å². The summed E-state index contributed by atoms with van der Waals surface area (Å²) in [6.45, 7) is 2.90. The van der Waals surface area contributed by atoms with Gasteiger partial charge in [-0.25, -0.2) is 4.79 Å². The van der Waals surface area contributed by atoms with E-state index in [2.05, 4.69) is 27.2 Å². The van der Waals surface area contributed by atoms with Gasteiger partial charge in [0.25, 0.3) is 0 Å². The molecule has 3 heterocycles. The quantitative estimate of drug-likeness (QED) is 0.489. The predicted octanol–water partition coefficient (Wildman–Crippen LogP) is 4.10. The molecule has 8 nitrogen and oxygen atoms in total. The molecule has 1 unspecified atom stereocenters. The van der Waals surface area contributed by atoms with Crippen molar-refractivity contribution in [3.05, 3.63) is 53.9 Å². The van der Waals surface area contributed by atoms with Gasteiger partial charge in [-0.3, -0.25) is 4.98 Å². The normalized spacial score (nSPS) is 19.4. The Morgan fingerprint density at radius 2 is 1.94 bits per heavy atom. The Kier molecular flexibility index (Phi) is 7.55. The lowest BCUT2D eigenvalue weighted by molar-refractivity contribution is -0.162. The maximum absolute atomic E-state index is 11.4. The zero-order chi connectivity index (χ0) is 22.2. The lowest BCUT2D eigenvalue weighted by Gasteiger charge is -2.28. The predicted molar refractivity (Wildman–Crippen MR) is 120 cm³/mol. The molecule has 2 fully saturated rings. The SMILES string of the molecule is O=C(O)c1ccnc(/C(COc2ccc(N3CCCCC3)cc2)=N/OC2CCCCO2)c1. The van der Waals surface area contributed by atoms with Crippen LogP contribution in [0.4, 0.5) is 5.69 Å². The summed E-state index contributed by atoms with van der Waals surface area (Å²) < 4.78 is 11.5. The van der Waals surface area contributed by atoms with E-state index in [4.69, 9.17) is 14.3 Å². The Morgan fingerprint density at radius 3 is 2.66 bits per heavy atom. The van der Waals surface area contributed by atoms with Gasteiger partial charge < -0.3 is 24.3 Å². The maximum Gasteiger partial charge on any atom is 0.335 e. The molecular formula is C24H29N3O5. The summed E-state index contributed by atoms with van der Waals surface area (Å²) in [5.41, 5.74) is 2.12. The third-order valence-electron chi connectivity index (χ3n) is 5.65. The van der Waals surface area contributed by atoms with Gasteiger partial charge in [0.15, 0.2) is 0 Å². The molecule has 8 heteroatoms. The first-order valence-corrected chi connectivity index (χ1v) is 11.2. The number of rotatable bonds is 8. The van der Waals surface area contributed by atoms with Gasteiger partial charge in [0, 0.05) is 31.4 Å². The van der Waals surface area contributed by atoms with E-state index in [1.54, 1.807) is 0 Å². The van der Waals surface area contributed by atoms with E-state index in [1.807, 2.05) is 12.1 Å². The van der Waals surface area contributed by atoms with E-state index in [-0.39, 0.29) is 12.2 Å². The van der Waals surface area contributed by atoms with Crippen molar-refractivity contribution in [3.8, 4) is 5.75 Å². The molecule has 170 valence electrons. The minimum absolute atomic E-state index is 0.0891. The molecule has 2 aliphatic heterocycles. The van der Waals surface area contributed by atoms with Gasteiger partial charge in [0.2, 0.25) is 6.29 Å². The number of carboxylic acids is 1. The average Bonchev–Trinajstić information content (AvgIpc) is 2.85. The zero-order valence-electron chi connectivity index (χ0n) is 18.1. The van der Waals surface area contributed by atoms with Gasteiger partial charge in [-0.2, -0.15) is 0 Å². The monoisotopic (exact) mass is 439 g/mol. The number of nitrogens with zero attached hydrogens (tertiary/aromatic N) is 3. The summed E-state index contributed by atoms with van der Waals surface area (Å²) in [5, 5.41) is 13.5. The van der Waals surface area contributed by atoms with Crippen molar-refractivity contribution in [2.75, 3.05) is 31.2 Å². The average molecular weight is 440 g/mol. The highest BCUT2D eigenvalue weighted by Gasteiger charge is 2.17. The number of oxime groups is 1. The molecule has 0 amide bonds. The van der Waals surface area contributed by atoms with Gasteiger partial charge in [0.05, 0.1) is 17.9 Å². The van der Waals surface area contributed by atoms with E-state index >= 15 is 0 Å². The van der Waals surface area contributed by atoms with Gasteiger partial charge in [-0.05, 0) is 68.5 Å². The molecule has 1 atom stereocenters. The molecule has 2 aliphatic rings. The molecule has 1 N–H and O–H groups in total. The van der Waals surface area contributed by atoms with Crippen LogP contribution in [-0.4, -0.2) is 54.4 Å². The number of aromatic carboxylic acids is 1. The van der Waals surface area contributed by atoms with Crippen molar-refractivity contribution in [2.45, 2.75) is 44.8 Å². The third-order valence-corrected chi connectivity index (χ3v) is 5.65. The molecule has 1 aromatic carbocycles. The zero-order valence-corrected chi connectivity index (χ0v) is 18.1. The number of carboxylic acid groups (broad SMARTS) is 1. The maximum atomic E-state index is 11.4. The van der Waals surface area contributed by atoms with E-state index in [0.29, 0.717) is 23.8 Å². The lowest BCUT2D eigenvalue weighted by atomic mass is 10.1. The summed E-state index contributed by atoms with van der Waals surface area (Å²) in [4.78, 5) is 23.6. The minimum atomic E-state index is -1.03.